The van der Waals surface area contributed by atoms with Crippen molar-refractivity contribution in [2.45, 2.75) is 40.3 Å². The first-order valence-electron chi connectivity index (χ1n) is 12.0. The minimum atomic E-state index is -0.237. The maximum Gasteiger partial charge on any atom is 0.137 e. The number of nitrogens with zero attached hydrogens (tertiary/aromatic N) is 5. The van der Waals surface area contributed by atoms with E-state index in [4.69, 9.17) is 5.10 Å². The molecule has 6 heteroatoms. The standard InChI is InChI=1S/C27H36FN5/c1-5-12-31(19-23-9-6-8-21(2)17-23)20-26-22(3)29-33(25-11-7-10-24(28)18-25)27(26)32-15-13-30(4)14-16-32/h6-11,17-18H,5,12-16,19-20H2,1-4H3. The molecule has 1 aliphatic rings. The molecule has 1 saturated heterocycles. The van der Waals surface area contributed by atoms with Crippen molar-refractivity contribution in [3.05, 3.63) is 76.7 Å². The molecule has 0 bridgehead atoms. The van der Waals surface area contributed by atoms with Crippen molar-refractivity contribution < 1.29 is 4.39 Å². The Balaban J connectivity index is 1.71. The fraction of sp³-hybridized carbons (Fsp3) is 0.444. The van der Waals surface area contributed by atoms with E-state index >= 15 is 0 Å². The van der Waals surface area contributed by atoms with Gasteiger partial charge in [0.15, 0.2) is 0 Å². The lowest BCUT2D eigenvalue weighted by Gasteiger charge is -2.35. The highest BCUT2D eigenvalue weighted by molar-refractivity contribution is 5.56. The Morgan fingerprint density at radius 3 is 2.42 bits per heavy atom. The minimum absolute atomic E-state index is 0.237. The lowest BCUT2D eigenvalue weighted by Crippen LogP contribution is -2.45. The van der Waals surface area contributed by atoms with Crippen LogP contribution in [0.1, 0.15) is 35.7 Å². The Kier molecular flexibility index (Phi) is 7.46. The summed E-state index contributed by atoms with van der Waals surface area (Å²) >= 11 is 0. The lowest BCUT2D eigenvalue weighted by atomic mass is 10.1. The van der Waals surface area contributed by atoms with Gasteiger partial charge in [-0.3, -0.25) is 4.90 Å². The zero-order valence-corrected chi connectivity index (χ0v) is 20.4. The number of halogens is 1. The quantitative estimate of drug-likeness (QED) is 0.494. The molecule has 2 heterocycles. The Morgan fingerprint density at radius 1 is 0.970 bits per heavy atom. The second-order valence-corrected chi connectivity index (χ2v) is 9.27. The number of aromatic nitrogens is 2. The van der Waals surface area contributed by atoms with Crippen LogP contribution in [-0.4, -0.2) is 59.4 Å². The maximum atomic E-state index is 14.1. The van der Waals surface area contributed by atoms with Crippen molar-refractivity contribution in [3.8, 4) is 5.69 Å². The summed E-state index contributed by atoms with van der Waals surface area (Å²) in [4.78, 5) is 7.29. The highest BCUT2D eigenvalue weighted by Crippen LogP contribution is 2.30. The van der Waals surface area contributed by atoms with Crippen molar-refractivity contribution in [3.63, 3.8) is 0 Å². The molecule has 0 spiro atoms. The number of likely N-dealkylation sites (N-methyl/N-ethyl adjacent to an activating group) is 1. The molecule has 0 N–H and O–H groups in total. The topological polar surface area (TPSA) is 27.5 Å². The largest absolute Gasteiger partial charge is 0.354 e. The van der Waals surface area contributed by atoms with Crippen LogP contribution in [-0.2, 0) is 13.1 Å². The van der Waals surface area contributed by atoms with Crippen molar-refractivity contribution in [1.82, 2.24) is 19.6 Å². The van der Waals surface area contributed by atoms with E-state index in [0.29, 0.717) is 0 Å². The van der Waals surface area contributed by atoms with Crippen molar-refractivity contribution >= 4 is 5.82 Å². The fourth-order valence-corrected chi connectivity index (χ4v) is 4.69. The number of rotatable bonds is 8. The summed E-state index contributed by atoms with van der Waals surface area (Å²) in [6.07, 6.45) is 1.09. The van der Waals surface area contributed by atoms with Crippen LogP contribution < -0.4 is 4.90 Å². The normalized spacial score (nSPS) is 14.9. The molecule has 0 aliphatic carbocycles. The molecular formula is C27H36FN5. The van der Waals surface area contributed by atoms with Gasteiger partial charge in [0, 0.05) is 44.8 Å². The number of hydrogen-bond donors (Lipinski definition) is 0. The van der Waals surface area contributed by atoms with Gasteiger partial charge in [-0.2, -0.15) is 5.10 Å². The molecule has 0 atom stereocenters. The molecule has 4 rings (SSSR count). The van der Waals surface area contributed by atoms with E-state index in [-0.39, 0.29) is 5.82 Å². The van der Waals surface area contributed by atoms with Gasteiger partial charge < -0.3 is 9.80 Å². The zero-order chi connectivity index (χ0) is 23.4. The summed E-state index contributed by atoms with van der Waals surface area (Å²) in [6, 6.07) is 15.5. The predicted molar refractivity (Wildman–Crippen MR) is 134 cm³/mol. The molecule has 1 aliphatic heterocycles. The van der Waals surface area contributed by atoms with Crippen LogP contribution in [0, 0.1) is 19.7 Å². The van der Waals surface area contributed by atoms with Crippen LogP contribution in [0.15, 0.2) is 48.5 Å². The van der Waals surface area contributed by atoms with Crippen molar-refractivity contribution in [2.24, 2.45) is 0 Å². The third-order valence-electron chi connectivity index (χ3n) is 6.42. The van der Waals surface area contributed by atoms with Gasteiger partial charge in [-0.15, -0.1) is 0 Å². The Bertz CT molecular complexity index is 1070. The van der Waals surface area contributed by atoms with E-state index in [0.717, 1.165) is 69.4 Å². The van der Waals surface area contributed by atoms with Crippen LogP contribution in [0.4, 0.5) is 10.2 Å². The van der Waals surface area contributed by atoms with E-state index in [1.807, 2.05) is 10.7 Å². The van der Waals surface area contributed by atoms with E-state index in [9.17, 15) is 4.39 Å². The maximum absolute atomic E-state index is 14.1. The second-order valence-electron chi connectivity index (χ2n) is 9.27. The molecule has 0 amide bonds. The second kappa shape index (κ2) is 10.5. The third-order valence-corrected chi connectivity index (χ3v) is 6.42. The average Bonchev–Trinajstić information content (AvgIpc) is 3.10. The number of aryl methyl sites for hydroxylation is 2. The first-order chi connectivity index (χ1) is 15.9. The lowest BCUT2D eigenvalue weighted by molar-refractivity contribution is 0.256. The zero-order valence-electron chi connectivity index (χ0n) is 20.4. The van der Waals surface area contributed by atoms with Crippen LogP contribution in [0.5, 0.6) is 0 Å². The number of piperazine rings is 1. The molecule has 5 nitrogen and oxygen atoms in total. The van der Waals surface area contributed by atoms with Crippen LogP contribution in [0.3, 0.4) is 0 Å². The summed E-state index contributed by atoms with van der Waals surface area (Å²) in [5, 5.41) is 4.92. The minimum Gasteiger partial charge on any atom is -0.354 e. The van der Waals surface area contributed by atoms with Gasteiger partial charge in [0.1, 0.15) is 11.6 Å². The number of benzene rings is 2. The summed E-state index contributed by atoms with van der Waals surface area (Å²) in [5.74, 6) is 0.870. The van der Waals surface area contributed by atoms with E-state index < -0.39 is 0 Å². The number of anilines is 1. The van der Waals surface area contributed by atoms with Gasteiger partial charge >= 0.3 is 0 Å². The van der Waals surface area contributed by atoms with Gasteiger partial charge in [-0.05, 0) is 57.6 Å². The number of hydrogen-bond acceptors (Lipinski definition) is 4. The van der Waals surface area contributed by atoms with Crippen LogP contribution in [0.25, 0.3) is 5.69 Å². The smallest absolute Gasteiger partial charge is 0.137 e. The van der Waals surface area contributed by atoms with Crippen molar-refractivity contribution in [2.75, 3.05) is 44.7 Å². The molecule has 1 fully saturated rings. The van der Waals surface area contributed by atoms with Gasteiger partial charge in [0.05, 0.1) is 11.4 Å². The highest BCUT2D eigenvalue weighted by atomic mass is 19.1. The first kappa shape index (κ1) is 23.5. The van der Waals surface area contributed by atoms with Crippen LogP contribution >= 0.6 is 0 Å². The fourth-order valence-electron chi connectivity index (χ4n) is 4.69. The predicted octanol–water partition coefficient (Wildman–Crippen LogP) is 4.79. The van der Waals surface area contributed by atoms with E-state index in [2.05, 4.69) is 66.8 Å². The molecule has 3 aromatic rings. The Morgan fingerprint density at radius 2 is 1.73 bits per heavy atom. The molecule has 0 saturated carbocycles. The Labute approximate surface area is 197 Å². The van der Waals surface area contributed by atoms with E-state index in [1.54, 1.807) is 12.1 Å². The first-order valence-corrected chi connectivity index (χ1v) is 12.0. The molecule has 2 aromatic carbocycles. The highest BCUT2D eigenvalue weighted by Gasteiger charge is 2.26. The van der Waals surface area contributed by atoms with Gasteiger partial charge in [0.2, 0.25) is 0 Å². The van der Waals surface area contributed by atoms with Gasteiger partial charge in [-0.1, -0.05) is 42.8 Å². The summed E-state index contributed by atoms with van der Waals surface area (Å²) < 4.78 is 16.1. The monoisotopic (exact) mass is 449 g/mol. The molecule has 33 heavy (non-hydrogen) atoms. The third kappa shape index (κ3) is 5.63. The SMILES string of the molecule is CCCN(Cc1cccc(C)c1)Cc1c(C)nn(-c2cccc(F)c2)c1N1CCN(C)CC1. The van der Waals surface area contributed by atoms with Crippen molar-refractivity contribution in [1.29, 1.82) is 0 Å². The Hall–Kier alpha value is -2.70. The van der Waals surface area contributed by atoms with Crippen LogP contribution in [0.2, 0.25) is 0 Å². The molecule has 1 aromatic heterocycles. The molecule has 0 radical (unpaired) electrons. The molecule has 176 valence electrons. The van der Waals surface area contributed by atoms with Gasteiger partial charge in [-0.25, -0.2) is 9.07 Å². The molecular weight excluding hydrogens is 413 g/mol. The summed E-state index contributed by atoms with van der Waals surface area (Å²) in [6.45, 7) is 13.1. The summed E-state index contributed by atoms with van der Waals surface area (Å²) in [5.41, 5.74) is 5.65. The van der Waals surface area contributed by atoms with Gasteiger partial charge in [0.25, 0.3) is 0 Å². The molecule has 0 unspecified atom stereocenters. The summed E-state index contributed by atoms with van der Waals surface area (Å²) in [7, 11) is 2.16. The average molecular weight is 450 g/mol. The van der Waals surface area contributed by atoms with E-state index in [1.165, 1.54) is 22.8 Å².